The van der Waals surface area contributed by atoms with Gasteiger partial charge < -0.3 is 15.7 Å². The van der Waals surface area contributed by atoms with Crippen LogP contribution in [-0.2, 0) is 6.54 Å². The van der Waals surface area contributed by atoms with Crippen LogP contribution in [0, 0.1) is 0 Å². The van der Waals surface area contributed by atoms with Crippen molar-refractivity contribution in [2.75, 3.05) is 6.54 Å². The second-order valence-electron chi connectivity index (χ2n) is 7.37. The third-order valence-corrected chi connectivity index (χ3v) is 5.38. The molecule has 0 heterocycles. The van der Waals surface area contributed by atoms with Gasteiger partial charge in [0.05, 0.1) is 5.56 Å². The van der Waals surface area contributed by atoms with E-state index in [1.54, 1.807) is 12.1 Å². The van der Waals surface area contributed by atoms with Crippen molar-refractivity contribution in [2.45, 2.75) is 50.7 Å². The van der Waals surface area contributed by atoms with Crippen molar-refractivity contribution in [2.24, 2.45) is 0 Å². The highest BCUT2D eigenvalue weighted by atomic mass is 16.4. The second-order valence-corrected chi connectivity index (χ2v) is 7.37. The van der Waals surface area contributed by atoms with Crippen LogP contribution in [0.15, 0.2) is 54.6 Å². The van der Waals surface area contributed by atoms with E-state index in [0.717, 1.165) is 18.7 Å². The minimum atomic E-state index is -0.881. The average Bonchev–Trinajstić information content (AvgIpc) is 3.11. The van der Waals surface area contributed by atoms with Crippen molar-refractivity contribution >= 4 is 5.97 Å². The molecule has 1 unspecified atom stereocenters. The first kappa shape index (κ1) is 18.6. The first-order chi connectivity index (χ1) is 12.6. The third-order valence-electron chi connectivity index (χ3n) is 5.38. The fourth-order valence-corrected chi connectivity index (χ4v) is 3.92. The normalized spacial score (nSPS) is 17.1. The van der Waals surface area contributed by atoms with E-state index in [2.05, 4.69) is 47.9 Å². The number of carbonyl (C=O) groups is 1. The van der Waals surface area contributed by atoms with Crippen LogP contribution in [0.25, 0.3) is 0 Å². The van der Waals surface area contributed by atoms with Gasteiger partial charge in [-0.1, -0.05) is 55.3 Å². The Labute approximate surface area is 155 Å². The molecular weight excluding hydrogens is 324 g/mol. The minimum Gasteiger partial charge on any atom is -0.478 e. The molecule has 1 aliphatic carbocycles. The SMILES string of the molecule is CC(NC1(CNCc2ccc(C(=O)O)cc2)CCCC1)c1ccccc1. The van der Waals surface area contributed by atoms with Gasteiger partial charge in [-0.25, -0.2) is 4.79 Å². The van der Waals surface area contributed by atoms with Crippen molar-refractivity contribution in [3.8, 4) is 0 Å². The molecule has 0 bridgehead atoms. The third kappa shape index (κ3) is 4.71. The number of benzene rings is 2. The molecule has 2 aromatic carbocycles. The van der Waals surface area contributed by atoms with Gasteiger partial charge in [0, 0.05) is 24.7 Å². The van der Waals surface area contributed by atoms with E-state index in [4.69, 9.17) is 5.11 Å². The van der Waals surface area contributed by atoms with E-state index in [-0.39, 0.29) is 5.54 Å². The van der Waals surface area contributed by atoms with Gasteiger partial charge in [0.25, 0.3) is 0 Å². The highest BCUT2D eigenvalue weighted by molar-refractivity contribution is 5.87. The van der Waals surface area contributed by atoms with Gasteiger partial charge in [-0.2, -0.15) is 0 Å². The van der Waals surface area contributed by atoms with Crippen molar-refractivity contribution in [1.29, 1.82) is 0 Å². The van der Waals surface area contributed by atoms with Gasteiger partial charge in [0.15, 0.2) is 0 Å². The molecule has 0 amide bonds. The molecule has 1 atom stereocenters. The van der Waals surface area contributed by atoms with Gasteiger partial charge >= 0.3 is 5.97 Å². The molecule has 1 aliphatic rings. The Morgan fingerprint density at radius 1 is 1.08 bits per heavy atom. The molecule has 138 valence electrons. The van der Waals surface area contributed by atoms with Gasteiger partial charge in [-0.15, -0.1) is 0 Å². The molecule has 1 fully saturated rings. The molecule has 1 saturated carbocycles. The molecule has 3 N–H and O–H groups in total. The van der Waals surface area contributed by atoms with Gasteiger partial charge in [0.2, 0.25) is 0 Å². The molecular formula is C22H28N2O2. The van der Waals surface area contributed by atoms with Crippen LogP contribution in [0.2, 0.25) is 0 Å². The summed E-state index contributed by atoms with van der Waals surface area (Å²) in [7, 11) is 0. The Morgan fingerprint density at radius 2 is 1.73 bits per heavy atom. The lowest BCUT2D eigenvalue weighted by molar-refractivity contribution is 0.0697. The van der Waals surface area contributed by atoms with Gasteiger partial charge in [-0.3, -0.25) is 0 Å². The van der Waals surface area contributed by atoms with Crippen LogP contribution >= 0.6 is 0 Å². The Morgan fingerprint density at radius 3 is 2.35 bits per heavy atom. The summed E-state index contributed by atoms with van der Waals surface area (Å²) in [6, 6.07) is 18.0. The molecule has 0 radical (unpaired) electrons. The maximum atomic E-state index is 10.9. The van der Waals surface area contributed by atoms with Crippen LogP contribution in [0.5, 0.6) is 0 Å². The fourth-order valence-electron chi connectivity index (χ4n) is 3.92. The maximum absolute atomic E-state index is 10.9. The van der Waals surface area contributed by atoms with E-state index >= 15 is 0 Å². The molecule has 26 heavy (non-hydrogen) atoms. The summed E-state index contributed by atoms with van der Waals surface area (Å²) in [6.07, 6.45) is 4.91. The lowest BCUT2D eigenvalue weighted by Gasteiger charge is -2.34. The maximum Gasteiger partial charge on any atom is 0.335 e. The molecule has 0 saturated heterocycles. The van der Waals surface area contributed by atoms with Crippen LogP contribution in [-0.4, -0.2) is 23.2 Å². The summed E-state index contributed by atoms with van der Waals surface area (Å²) >= 11 is 0. The number of hydrogen-bond acceptors (Lipinski definition) is 3. The molecule has 0 aromatic heterocycles. The molecule has 0 aliphatic heterocycles. The zero-order valence-corrected chi connectivity index (χ0v) is 15.4. The zero-order valence-electron chi connectivity index (χ0n) is 15.4. The number of rotatable bonds is 8. The number of nitrogens with one attached hydrogen (secondary N) is 2. The summed E-state index contributed by atoms with van der Waals surface area (Å²) in [4.78, 5) is 10.9. The Kier molecular flexibility index (Phi) is 6.07. The first-order valence-corrected chi connectivity index (χ1v) is 9.44. The fraction of sp³-hybridized carbons (Fsp3) is 0.409. The van der Waals surface area contributed by atoms with Crippen molar-refractivity contribution < 1.29 is 9.90 Å². The van der Waals surface area contributed by atoms with Gasteiger partial charge in [0.1, 0.15) is 0 Å². The Hall–Kier alpha value is -2.17. The number of aromatic carboxylic acids is 1. The van der Waals surface area contributed by atoms with E-state index in [1.165, 1.54) is 31.2 Å². The number of carboxylic acid groups (broad SMARTS) is 1. The predicted octanol–water partition coefficient (Wildman–Crippen LogP) is 4.14. The molecule has 4 heteroatoms. The Bertz CT molecular complexity index is 707. The monoisotopic (exact) mass is 352 g/mol. The largest absolute Gasteiger partial charge is 0.478 e. The highest BCUT2D eigenvalue weighted by Gasteiger charge is 2.34. The zero-order chi connectivity index (χ0) is 18.4. The van der Waals surface area contributed by atoms with Gasteiger partial charge in [-0.05, 0) is 43.0 Å². The van der Waals surface area contributed by atoms with Crippen molar-refractivity contribution in [3.05, 3.63) is 71.3 Å². The van der Waals surface area contributed by atoms with Crippen LogP contribution in [0.3, 0.4) is 0 Å². The number of carboxylic acids is 1. The average molecular weight is 352 g/mol. The van der Waals surface area contributed by atoms with Crippen molar-refractivity contribution in [3.63, 3.8) is 0 Å². The highest BCUT2D eigenvalue weighted by Crippen LogP contribution is 2.32. The summed E-state index contributed by atoms with van der Waals surface area (Å²) in [5, 5.41) is 16.4. The predicted molar refractivity (Wildman–Crippen MR) is 104 cm³/mol. The quantitative estimate of drug-likeness (QED) is 0.668. The van der Waals surface area contributed by atoms with Crippen LogP contribution in [0.1, 0.15) is 60.1 Å². The molecule has 2 aromatic rings. The van der Waals surface area contributed by atoms with E-state index < -0.39 is 5.97 Å². The van der Waals surface area contributed by atoms with E-state index in [1.807, 2.05) is 12.1 Å². The summed E-state index contributed by atoms with van der Waals surface area (Å²) < 4.78 is 0. The summed E-state index contributed by atoms with van der Waals surface area (Å²) in [6.45, 7) is 3.91. The van der Waals surface area contributed by atoms with E-state index in [9.17, 15) is 4.79 Å². The number of hydrogen-bond donors (Lipinski definition) is 3. The molecule has 4 nitrogen and oxygen atoms in total. The summed E-state index contributed by atoms with van der Waals surface area (Å²) in [5.74, 6) is -0.881. The van der Waals surface area contributed by atoms with Crippen molar-refractivity contribution in [1.82, 2.24) is 10.6 Å². The van der Waals surface area contributed by atoms with E-state index in [0.29, 0.717) is 11.6 Å². The Balaban J connectivity index is 1.57. The molecule has 3 rings (SSSR count). The topological polar surface area (TPSA) is 61.4 Å². The first-order valence-electron chi connectivity index (χ1n) is 9.44. The van der Waals surface area contributed by atoms with Crippen LogP contribution in [0.4, 0.5) is 0 Å². The summed E-state index contributed by atoms with van der Waals surface area (Å²) in [5.41, 5.74) is 2.90. The lowest BCUT2D eigenvalue weighted by Crippen LogP contribution is -2.51. The minimum absolute atomic E-state index is 0.135. The second kappa shape index (κ2) is 8.47. The lowest BCUT2D eigenvalue weighted by atomic mass is 9.94. The molecule has 0 spiro atoms. The van der Waals surface area contributed by atoms with Crippen LogP contribution < -0.4 is 10.6 Å². The standard InChI is InChI=1S/C22H28N2O2/c1-17(19-7-3-2-4-8-19)24-22(13-5-6-14-22)16-23-15-18-9-11-20(12-10-18)21(25)26/h2-4,7-12,17,23-24H,5-6,13-16H2,1H3,(H,25,26). The smallest absolute Gasteiger partial charge is 0.335 e.